The number of anilines is 2. The summed E-state index contributed by atoms with van der Waals surface area (Å²) in [5, 5.41) is 0.240. The highest BCUT2D eigenvalue weighted by Crippen LogP contribution is 2.32. The topological polar surface area (TPSA) is 68.5 Å². The average molecular weight is 290 g/mol. The van der Waals surface area contributed by atoms with E-state index in [-0.39, 0.29) is 11.1 Å². The van der Waals surface area contributed by atoms with Crippen LogP contribution in [0.2, 0.25) is 5.15 Å². The SMILES string of the molecule is Nc1cnc(Cl)cc1C(=O)N1CCOc2ccccc21. The van der Waals surface area contributed by atoms with Gasteiger partial charge in [-0.25, -0.2) is 4.98 Å². The van der Waals surface area contributed by atoms with Crippen LogP contribution in [0, 0.1) is 0 Å². The van der Waals surface area contributed by atoms with Gasteiger partial charge in [0.05, 0.1) is 29.7 Å². The molecule has 1 aromatic heterocycles. The van der Waals surface area contributed by atoms with Gasteiger partial charge in [-0.3, -0.25) is 4.79 Å². The predicted molar refractivity (Wildman–Crippen MR) is 77.3 cm³/mol. The van der Waals surface area contributed by atoms with Gasteiger partial charge in [-0.05, 0) is 18.2 Å². The van der Waals surface area contributed by atoms with Crippen molar-refractivity contribution in [3.63, 3.8) is 0 Å². The van der Waals surface area contributed by atoms with E-state index >= 15 is 0 Å². The van der Waals surface area contributed by atoms with Crippen molar-refractivity contribution >= 4 is 28.9 Å². The van der Waals surface area contributed by atoms with Gasteiger partial charge in [0.1, 0.15) is 17.5 Å². The maximum atomic E-state index is 12.6. The molecule has 2 aromatic rings. The molecule has 5 nitrogen and oxygen atoms in total. The Balaban J connectivity index is 2.02. The second-order valence-corrected chi connectivity index (χ2v) is 4.75. The minimum Gasteiger partial charge on any atom is -0.490 e. The highest BCUT2D eigenvalue weighted by Gasteiger charge is 2.25. The molecule has 1 aliphatic heterocycles. The summed E-state index contributed by atoms with van der Waals surface area (Å²) >= 11 is 5.84. The van der Waals surface area contributed by atoms with Crippen molar-refractivity contribution in [1.82, 2.24) is 4.98 Å². The van der Waals surface area contributed by atoms with Gasteiger partial charge in [0.2, 0.25) is 0 Å². The smallest absolute Gasteiger partial charge is 0.260 e. The van der Waals surface area contributed by atoms with Crippen molar-refractivity contribution in [3.8, 4) is 5.75 Å². The maximum absolute atomic E-state index is 12.6. The van der Waals surface area contributed by atoms with Crippen molar-refractivity contribution in [1.29, 1.82) is 0 Å². The Hall–Kier alpha value is -2.27. The highest BCUT2D eigenvalue weighted by molar-refractivity contribution is 6.30. The number of amides is 1. The number of para-hydroxylation sites is 2. The first-order chi connectivity index (χ1) is 9.66. The molecule has 0 spiro atoms. The number of rotatable bonds is 1. The van der Waals surface area contributed by atoms with Gasteiger partial charge in [-0.2, -0.15) is 0 Å². The van der Waals surface area contributed by atoms with Crippen molar-refractivity contribution in [3.05, 3.63) is 47.2 Å². The number of nitrogens with zero attached hydrogens (tertiary/aromatic N) is 2. The number of nitrogens with two attached hydrogens (primary N) is 1. The molecule has 0 atom stereocenters. The number of halogens is 1. The summed E-state index contributed by atoms with van der Waals surface area (Å²) in [6.07, 6.45) is 1.39. The van der Waals surface area contributed by atoms with Crippen LogP contribution in [-0.4, -0.2) is 24.0 Å². The molecule has 102 valence electrons. The molecular weight excluding hydrogens is 278 g/mol. The van der Waals surface area contributed by atoms with E-state index in [1.165, 1.54) is 12.3 Å². The van der Waals surface area contributed by atoms with Gasteiger partial charge < -0.3 is 15.4 Å². The van der Waals surface area contributed by atoms with Gasteiger partial charge in [-0.15, -0.1) is 0 Å². The molecule has 0 saturated carbocycles. The molecule has 0 aliphatic carbocycles. The molecule has 1 aromatic carbocycles. The van der Waals surface area contributed by atoms with Gasteiger partial charge in [0.25, 0.3) is 5.91 Å². The first kappa shape index (κ1) is 12.7. The Kier molecular flexibility index (Phi) is 3.20. The largest absolute Gasteiger partial charge is 0.490 e. The Morgan fingerprint density at radius 2 is 2.20 bits per heavy atom. The van der Waals surface area contributed by atoms with Crippen LogP contribution >= 0.6 is 11.6 Å². The van der Waals surface area contributed by atoms with Crippen LogP contribution in [0.4, 0.5) is 11.4 Å². The predicted octanol–water partition coefficient (Wildman–Crippen LogP) is 2.36. The number of hydrogen-bond acceptors (Lipinski definition) is 4. The number of hydrogen-bond donors (Lipinski definition) is 1. The van der Waals surface area contributed by atoms with E-state index in [0.717, 1.165) is 5.69 Å². The zero-order chi connectivity index (χ0) is 14.1. The lowest BCUT2D eigenvalue weighted by molar-refractivity contribution is 0.0977. The lowest BCUT2D eigenvalue weighted by atomic mass is 10.1. The molecule has 0 unspecified atom stereocenters. The minimum absolute atomic E-state index is 0.206. The number of carbonyl (C=O) groups is 1. The standard InChI is InChI=1S/C14H12ClN3O2/c15-13-7-9(10(16)8-17-13)14(19)18-5-6-20-12-4-2-1-3-11(12)18/h1-4,7-8H,5-6,16H2. The van der Waals surface area contributed by atoms with Crippen LogP contribution in [0.15, 0.2) is 36.5 Å². The first-order valence-electron chi connectivity index (χ1n) is 6.11. The van der Waals surface area contributed by atoms with Crippen molar-refractivity contribution in [2.45, 2.75) is 0 Å². The van der Waals surface area contributed by atoms with Crippen LogP contribution in [0.5, 0.6) is 5.75 Å². The molecule has 2 heterocycles. The molecule has 1 aliphatic rings. The zero-order valence-electron chi connectivity index (χ0n) is 10.5. The molecule has 0 saturated heterocycles. The fourth-order valence-corrected chi connectivity index (χ4v) is 2.31. The lowest BCUT2D eigenvalue weighted by Gasteiger charge is -2.29. The van der Waals surface area contributed by atoms with Crippen LogP contribution < -0.4 is 15.4 Å². The summed E-state index contributed by atoms with van der Waals surface area (Å²) in [7, 11) is 0. The van der Waals surface area contributed by atoms with Crippen LogP contribution in [-0.2, 0) is 0 Å². The Bertz CT molecular complexity index is 675. The summed E-state index contributed by atoms with van der Waals surface area (Å²) < 4.78 is 5.53. The highest BCUT2D eigenvalue weighted by atomic mass is 35.5. The van der Waals surface area contributed by atoms with Crippen molar-refractivity contribution < 1.29 is 9.53 Å². The third-order valence-electron chi connectivity index (χ3n) is 3.11. The van der Waals surface area contributed by atoms with E-state index in [0.29, 0.717) is 30.2 Å². The van der Waals surface area contributed by atoms with Crippen LogP contribution in [0.3, 0.4) is 0 Å². The molecule has 3 rings (SSSR count). The van der Waals surface area contributed by atoms with Gasteiger partial charge in [0, 0.05) is 0 Å². The van der Waals surface area contributed by atoms with Crippen molar-refractivity contribution in [2.24, 2.45) is 0 Å². The van der Waals surface area contributed by atoms with Crippen LogP contribution in [0.25, 0.3) is 0 Å². The number of aromatic nitrogens is 1. The molecule has 20 heavy (non-hydrogen) atoms. The first-order valence-corrected chi connectivity index (χ1v) is 6.49. The summed E-state index contributed by atoms with van der Waals surface area (Å²) in [5.74, 6) is 0.480. The zero-order valence-corrected chi connectivity index (χ0v) is 11.3. The van der Waals surface area contributed by atoms with Gasteiger partial charge in [0.15, 0.2) is 0 Å². The lowest BCUT2D eigenvalue weighted by Crippen LogP contribution is -2.38. The second-order valence-electron chi connectivity index (χ2n) is 4.37. The number of ether oxygens (including phenoxy) is 1. The molecule has 2 N–H and O–H groups in total. The summed E-state index contributed by atoms with van der Waals surface area (Å²) in [6, 6.07) is 8.88. The average Bonchev–Trinajstić information content (AvgIpc) is 2.48. The van der Waals surface area contributed by atoms with E-state index in [1.807, 2.05) is 24.3 Å². The van der Waals surface area contributed by atoms with E-state index in [1.54, 1.807) is 4.90 Å². The maximum Gasteiger partial charge on any atom is 0.260 e. The third-order valence-corrected chi connectivity index (χ3v) is 3.31. The Morgan fingerprint density at radius 1 is 1.40 bits per heavy atom. The number of carbonyl (C=O) groups excluding carboxylic acids is 1. The number of benzene rings is 1. The molecule has 0 radical (unpaired) electrons. The van der Waals surface area contributed by atoms with E-state index < -0.39 is 0 Å². The number of fused-ring (bicyclic) bond motifs is 1. The number of pyridine rings is 1. The molecule has 1 amide bonds. The molecule has 0 bridgehead atoms. The second kappa shape index (κ2) is 5.02. The quantitative estimate of drug-likeness (QED) is 0.818. The van der Waals surface area contributed by atoms with E-state index in [4.69, 9.17) is 22.1 Å². The normalized spacial score (nSPS) is 13.6. The minimum atomic E-state index is -0.206. The third kappa shape index (κ3) is 2.16. The fourth-order valence-electron chi connectivity index (χ4n) is 2.15. The molecule has 6 heteroatoms. The summed E-state index contributed by atoms with van der Waals surface area (Å²) in [5.41, 5.74) is 7.21. The van der Waals surface area contributed by atoms with Crippen molar-refractivity contribution in [2.75, 3.05) is 23.8 Å². The van der Waals surface area contributed by atoms with Gasteiger partial charge >= 0.3 is 0 Å². The Morgan fingerprint density at radius 3 is 3.05 bits per heavy atom. The molecular formula is C14H12ClN3O2. The fraction of sp³-hybridized carbons (Fsp3) is 0.143. The summed E-state index contributed by atoms with van der Waals surface area (Å²) in [6.45, 7) is 0.913. The van der Waals surface area contributed by atoms with E-state index in [9.17, 15) is 4.79 Å². The van der Waals surface area contributed by atoms with Crippen LogP contribution in [0.1, 0.15) is 10.4 Å². The van der Waals surface area contributed by atoms with Gasteiger partial charge in [-0.1, -0.05) is 23.7 Å². The summed E-state index contributed by atoms with van der Waals surface area (Å²) in [4.78, 5) is 18.1. The molecule has 0 fully saturated rings. The Labute approximate surface area is 120 Å². The van der Waals surface area contributed by atoms with E-state index in [2.05, 4.69) is 4.98 Å². The number of nitrogen functional groups attached to an aromatic ring is 1. The monoisotopic (exact) mass is 289 g/mol.